The number of nitrogens with one attached hydrogen (secondary N) is 2. The van der Waals surface area contributed by atoms with Gasteiger partial charge in [-0.2, -0.15) is 0 Å². The number of carbonyl (C=O) groups excluding carboxylic acids is 5. The van der Waals surface area contributed by atoms with Crippen molar-refractivity contribution in [3.63, 3.8) is 0 Å². The van der Waals surface area contributed by atoms with Crippen LogP contribution in [0, 0.1) is 0 Å². The number of piperidine rings is 1. The number of imide groups is 2. The van der Waals surface area contributed by atoms with Crippen molar-refractivity contribution in [3.05, 3.63) is 58.9 Å². The van der Waals surface area contributed by atoms with E-state index in [0.717, 1.165) is 11.1 Å². The number of pyridine rings is 1. The fourth-order valence-corrected chi connectivity index (χ4v) is 4.59. The topological polar surface area (TPSA) is 160 Å². The maximum Gasteiger partial charge on any atom is 0.270 e. The number of benzene rings is 1. The van der Waals surface area contributed by atoms with Gasteiger partial charge in [-0.25, -0.2) is 13.4 Å². The molecule has 1 aromatic carbocycles. The van der Waals surface area contributed by atoms with Gasteiger partial charge in [-0.15, -0.1) is 0 Å². The number of nitrogens with zero attached hydrogens (tertiary/aromatic N) is 2. The number of hydrogen-bond acceptors (Lipinski definition) is 8. The maximum atomic E-state index is 12.9. The first-order chi connectivity index (χ1) is 16.1. The van der Waals surface area contributed by atoms with E-state index >= 15 is 0 Å². The van der Waals surface area contributed by atoms with Crippen molar-refractivity contribution in [3.8, 4) is 0 Å². The van der Waals surface area contributed by atoms with Crippen LogP contribution < -0.4 is 10.6 Å². The Bertz CT molecular complexity index is 1340. The van der Waals surface area contributed by atoms with E-state index in [4.69, 9.17) is 0 Å². The second kappa shape index (κ2) is 8.78. The predicted molar refractivity (Wildman–Crippen MR) is 116 cm³/mol. The summed E-state index contributed by atoms with van der Waals surface area (Å²) in [6, 6.07) is 6.05. The second-order valence-corrected chi connectivity index (χ2v) is 10.1. The van der Waals surface area contributed by atoms with Crippen molar-refractivity contribution in [2.45, 2.75) is 37.2 Å². The van der Waals surface area contributed by atoms with Crippen molar-refractivity contribution < 1.29 is 32.4 Å². The lowest BCUT2D eigenvalue weighted by molar-refractivity contribution is -0.136. The molecule has 2 aliphatic heterocycles. The van der Waals surface area contributed by atoms with Crippen LogP contribution in [0.3, 0.4) is 0 Å². The molecular weight excluding hydrogens is 464 g/mol. The van der Waals surface area contributed by atoms with E-state index in [2.05, 4.69) is 15.6 Å². The summed E-state index contributed by atoms with van der Waals surface area (Å²) >= 11 is 0. The van der Waals surface area contributed by atoms with Crippen molar-refractivity contribution in [1.82, 2.24) is 20.5 Å². The SMILES string of the molecule is CCS(=O)(=O)c1ccc(C(=O)NCc2ccc3c(c2)C(=O)N(C2CCC(=O)NC2=O)C3=O)nc1. The minimum Gasteiger partial charge on any atom is -0.347 e. The Morgan fingerprint density at radius 1 is 1.12 bits per heavy atom. The summed E-state index contributed by atoms with van der Waals surface area (Å²) in [5, 5.41) is 4.77. The van der Waals surface area contributed by atoms with E-state index in [-0.39, 0.29) is 46.9 Å². The van der Waals surface area contributed by atoms with Crippen LogP contribution in [0.5, 0.6) is 0 Å². The normalized spacial score (nSPS) is 18.0. The monoisotopic (exact) mass is 484 g/mol. The minimum atomic E-state index is -3.43. The molecule has 0 bridgehead atoms. The van der Waals surface area contributed by atoms with Gasteiger partial charge in [0.2, 0.25) is 11.8 Å². The molecule has 0 aliphatic carbocycles. The summed E-state index contributed by atoms with van der Waals surface area (Å²) < 4.78 is 23.7. The highest BCUT2D eigenvalue weighted by Crippen LogP contribution is 2.28. The molecule has 1 fully saturated rings. The minimum absolute atomic E-state index is 0.0166. The summed E-state index contributed by atoms with van der Waals surface area (Å²) in [7, 11) is -3.43. The number of amides is 5. The lowest BCUT2D eigenvalue weighted by Crippen LogP contribution is -2.54. The Balaban J connectivity index is 1.45. The van der Waals surface area contributed by atoms with Gasteiger partial charge in [0.1, 0.15) is 11.7 Å². The third-order valence-electron chi connectivity index (χ3n) is 5.67. The standard InChI is InChI=1S/C22H20N4O7S/c1-2-34(32,33)13-4-6-16(23-11-13)19(28)24-10-12-3-5-14-15(9-12)22(31)26(21(14)30)17-7-8-18(27)25-20(17)29/h3-6,9,11,17H,2,7-8,10H2,1H3,(H,24,28)(H,25,27,29). The number of fused-ring (bicyclic) bond motifs is 1. The molecule has 1 atom stereocenters. The van der Waals surface area contributed by atoms with Gasteiger partial charge in [0.15, 0.2) is 9.84 Å². The van der Waals surface area contributed by atoms with Crippen LogP contribution in [-0.2, 0) is 26.0 Å². The Kier molecular flexibility index (Phi) is 6.00. The van der Waals surface area contributed by atoms with Crippen LogP contribution in [0.25, 0.3) is 0 Å². The molecular formula is C22H20N4O7S. The molecule has 1 unspecified atom stereocenters. The van der Waals surface area contributed by atoms with Crippen LogP contribution in [-0.4, -0.2) is 59.6 Å². The third-order valence-corrected chi connectivity index (χ3v) is 7.39. The van der Waals surface area contributed by atoms with Gasteiger partial charge in [0, 0.05) is 19.2 Å². The molecule has 11 nitrogen and oxygen atoms in total. The summed E-state index contributed by atoms with van der Waals surface area (Å²) in [4.78, 5) is 66.3. The zero-order valence-electron chi connectivity index (χ0n) is 18.0. The average Bonchev–Trinajstić information content (AvgIpc) is 3.07. The molecule has 2 aromatic rings. The largest absolute Gasteiger partial charge is 0.347 e. The van der Waals surface area contributed by atoms with Crippen LogP contribution in [0.2, 0.25) is 0 Å². The van der Waals surface area contributed by atoms with Crippen LogP contribution >= 0.6 is 0 Å². The smallest absolute Gasteiger partial charge is 0.270 e. The van der Waals surface area contributed by atoms with Crippen molar-refractivity contribution in [1.29, 1.82) is 0 Å². The van der Waals surface area contributed by atoms with E-state index in [1.54, 1.807) is 6.07 Å². The zero-order valence-corrected chi connectivity index (χ0v) is 18.8. The van der Waals surface area contributed by atoms with E-state index < -0.39 is 45.4 Å². The lowest BCUT2D eigenvalue weighted by Gasteiger charge is -2.27. The molecule has 3 heterocycles. The molecule has 5 amide bonds. The molecule has 34 heavy (non-hydrogen) atoms. The molecule has 176 valence electrons. The highest BCUT2D eigenvalue weighted by Gasteiger charge is 2.44. The highest BCUT2D eigenvalue weighted by atomic mass is 32.2. The first kappa shape index (κ1) is 23.2. The number of sulfone groups is 1. The lowest BCUT2D eigenvalue weighted by atomic mass is 10.0. The predicted octanol–water partition coefficient (Wildman–Crippen LogP) is 0.206. The van der Waals surface area contributed by atoms with Gasteiger partial charge in [-0.05, 0) is 36.2 Å². The maximum absolute atomic E-state index is 12.9. The molecule has 0 radical (unpaired) electrons. The first-order valence-electron chi connectivity index (χ1n) is 10.4. The van der Waals surface area contributed by atoms with Gasteiger partial charge in [0.05, 0.1) is 21.8 Å². The second-order valence-electron chi connectivity index (χ2n) is 7.79. The molecule has 0 spiro atoms. The van der Waals surface area contributed by atoms with Crippen LogP contribution in [0.1, 0.15) is 56.5 Å². The molecule has 2 N–H and O–H groups in total. The summed E-state index contributed by atoms with van der Waals surface area (Å²) in [6.45, 7) is 1.53. The molecule has 0 saturated carbocycles. The van der Waals surface area contributed by atoms with Gasteiger partial charge < -0.3 is 5.32 Å². The highest BCUT2D eigenvalue weighted by molar-refractivity contribution is 7.91. The quantitative estimate of drug-likeness (QED) is 0.550. The fourth-order valence-electron chi connectivity index (χ4n) is 3.77. The van der Waals surface area contributed by atoms with Crippen LogP contribution in [0.15, 0.2) is 41.4 Å². The Morgan fingerprint density at radius 3 is 2.50 bits per heavy atom. The van der Waals surface area contributed by atoms with Crippen molar-refractivity contribution in [2.24, 2.45) is 0 Å². The number of rotatable bonds is 6. The van der Waals surface area contributed by atoms with Crippen molar-refractivity contribution >= 4 is 39.4 Å². The van der Waals surface area contributed by atoms with E-state index in [0.29, 0.717) is 5.56 Å². The van der Waals surface area contributed by atoms with Gasteiger partial charge in [-0.1, -0.05) is 13.0 Å². The Labute approximate surface area is 194 Å². The Hall–Kier alpha value is -3.93. The van der Waals surface area contributed by atoms with Gasteiger partial charge >= 0.3 is 0 Å². The summed E-state index contributed by atoms with van der Waals surface area (Å²) in [5.41, 5.74) is 0.794. The molecule has 4 rings (SSSR count). The molecule has 1 aromatic heterocycles. The van der Waals surface area contributed by atoms with Crippen LogP contribution in [0.4, 0.5) is 0 Å². The Morgan fingerprint density at radius 2 is 1.85 bits per heavy atom. The van der Waals surface area contributed by atoms with E-state index in [1.165, 1.54) is 31.2 Å². The van der Waals surface area contributed by atoms with Gasteiger partial charge in [0.25, 0.3) is 17.7 Å². The fraction of sp³-hybridized carbons (Fsp3) is 0.273. The van der Waals surface area contributed by atoms with E-state index in [9.17, 15) is 32.4 Å². The number of aromatic nitrogens is 1. The van der Waals surface area contributed by atoms with Crippen molar-refractivity contribution in [2.75, 3.05) is 5.75 Å². The van der Waals surface area contributed by atoms with Gasteiger partial charge in [-0.3, -0.25) is 34.2 Å². The molecule has 12 heteroatoms. The summed E-state index contributed by atoms with van der Waals surface area (Å²) in [6.07, 6.45) is 1.21. The number of carbonyl (C=O) groups is 5. The zero-order chi connectivity index (χ0) is 24.6. The molecule has 2 aliphatic rings. The van der Waals surface area contributed by atoms with E-state index in [1.807, 2.05) is 0 Å². The number of hydrogen-bond donors (Lipinski definition) is 2. The first-order valence-corrected chi connectivity index (χ1v) is 12.1. The molecule has 1 saturated heterocycles. The summed E-state index contributed by atoms with van der Waals surface area (Å²) in [5.74, 6) is -3.03. The third kappa shape index (κ3) is 4.19. The average molecular weight is 484 g/mol.